The van der Waals surface area contributed by atoms with Gasteiger partial charge in [0.05, 0.1) is 30.4 Å². The number of anilines is 1. The minimum absolute atomic E-state index is 0.0242. The highest BCUT2D eigenvalue weighted by molar-refractivity contribution is 5.81. The van der Waals surface area contributed by atoms with Crippen molar-refractivity contribution in [1.29, 1.82) is 0 Å². The fourth-order valence-corrected chi connectivity index (χ4v) is 3.80. The summed E-state index contributed by atoms with van der Waals surface area (Å²) in [4.78, 5) is 33.6. The molecule has 0 N–H and O–H groups in total. The molecule has 1 aliphatic heterocycles. The molecule has 30 heavy (non-hydrogen) atoms. The SMILES string of the molecule is COCCn1cnc2cc(N3CCN(Cc4ccn(C)c(=O)c4)CC3)ccc2c1=O. The van der Waals surface area contributed by atoms with Crippen molar-refractivity contribution in [2.24, 2.45) is 7.05 Å². The van der Waals surface area contributed by atoms with Crippen molar-refractivity contribution in [2.75, 3.05) is 44.8 Å². The second kappa shape index (κ2) is 8.81. The molecule has 3 heterocycles. The van der Waals surface area contributed by atoms with Crippen molar-refractivity contribution in [3.63, 3.8) is 0 Å². The molecule has 4 rings (SSSR count). The minimum Gasteiger partial charge on any atom is -0.383 e. The Morgan fingerprint density at radius 1 is 1.07 bits per heavy atom. The first kappa shape index (κ1) is 20.3. The summed E-state index contributed by atoms with van der Waals surface area (Å²) >= 11 is 0. The number of aryl methyl sites for hydroxylation is 1. The molecule has 158 valence electrons. The van der Waals surface area contributed by atoms with Crippen LogP contribution in [0.15, 0.2) is 52.4 Å². The first-order valence-electron chi connectivity index (χ1n) is 10.2. The third-order valence-electron chi connectivity index (χ3n) is 5.66. The minimum atomic E-state index is -0.0394. The highest BCUT2D eigenvalue weighted by Gasteiger charge is 2.18. The van der Waals surface area contributed by atoms with E-state index in [1.807, 2.05) is 30.5 Å². The predicted octanol–water partition coefficient (Wildman–Crippen LogP) is 1.06. The number of nitrogens with zero attached hydrogens (tertiary/aromatic N) is 5. The molecule has 1 saturated heterocycles. The molecule has 0 amide bonds. The number of benzene rings is 1. The number of piperazine rings is 1. The normalized spacial score (nSPS) is 15.1. The zero-order chi connectivity index (χ0) is 21.1. The quantitative estimate of drug-likeness (QED) is 0.606. The lowest BCUT2D eigenvalue weighted by atomic mass is 10.1. The fraction of sp³-hybridized carbons (Fsp3) is 0.409. The number of methoxy groups -OCH3 is 1. The summed E-state index contributed by atoms with van der Waals surface area (Å²) in [5, 5.41) is 0.627. The van der Waals surface area contributed by atoms with Gasteiger partial charge < -0.3 is 14.2 Å². The van der Waals surface area contributed by atoms with Gasteiger partial charge in [-0.15, -0.1) is 0 Å². The summed E-state index contributed by atoms with van der Waals surface area (Å²) in [5.74, 6) is 0. The third kappa shape index (κ3) is 4.29. The Labute approximate surface area is 174 Å². The second-order valence-electron chi connectivity index (χ2n) is 7.68. The lowest BCUT2D eigenvalue weighted by Crippen LogP contribution is -2.46. The van der Waals surface area contributed by atoms with Gasteiger partial charge in [-0.1, -0.05) is 0 Å². The summed E-state index contributed by atoms with van der Waals surface area (Å²) in [6.45, 7) is 5.37. The van der Waals surface area contributed by atoms with Crippen molar-refractivity contribution in [1.82, 2.24) is 19.0 Å². The average molecular weight is 409 g/mol. The van der Waals surface area contributed by atoms with E-state index in [2.05, 4.69) is 14.8 Å². The number of fused-ring (bicyclic) bond motifs is 1. The second-order valence-corrected chi connectivity index (χ2v) is 7.68. The Morgan fingerprint density at radius 2 is 1.87 bits per heavy atom. The van der Waals surface area contributed by atoms with Crippen LogP contribution in [0.3, 0.4) is 0 Å². The summed E-state index contributed by atoms with van der Waals surface area (Å²) in [5.41, 5.74) is 2.83. The van der Waals surface area contributed by atoms with Crippen LogP contribution in [0.4, 0.5) is 5.69 Å². The number of pyridine rings is 1. The Bertz CT molecular complexity index is 1150. The highest BCUT2D eigenvalue weighted by atomic mass is 16.5. The number of hydrogen-bond acceptors (Lipinski definition) is 6. The number of ether oxygens (including phenoxy) is 1. The number of hydrogen-bond donors (Lipinski definition) is 0. The molecular formula is C22H27N5O3. The predicted molar refractivity (Wildman–Crippen MR) is 117 cm³/mol. The molecular weight excluding hydrogens is 382 g/mol. The molecule has 3 aromatic rings. The molecule has 0 saturated carbocycles. The lowest BCUT2D eigenvalue weighted by Gasteiger charge is -2.36. The Hall–Kier alpha value is -2.97. The van der Waals surface area contributed by atoms with Gasteiger partial charge in [0.25, 0.3) is 11.1 Å². The molecule has 2 aromatic heterocycles. The van der Waals surface area contributed by atoms with Crippen LogP contribution in [0.2, 0.25) is 0 Å². The van der Waals surface area contributed by atoms with Crippen molar-refractivity contribution in [3.8, 4) is 0 Å². The average Bonchev–Trinajstić information content (AvgIpc) is 2.76. The van der Waals surface area contributed by atoms with Gasteiger partial charge in [0.1, 0.15) is 0 Å². The summed E-state index contributed by atoms with van der Waals surface area (Å²) in [6.07, 6.45) is 3.41. The standard InChI is InChI=1S/C22H27N5O3/c1-24-6-5-17(13-21(24)28)15-25-7-9-26(10-8-25)18-3-4-19-20(14-18)23-16-27(22(19)29)11-12-30-2/h3-6,13-14,16H,7-12,15H2,1-2H3. The van der Waals surface area contributed by atoms with E-state index in [1.165, 1.54) is 0 Å². The van der Waals surface area contributed by atoms with Gasteiger partial charge in [-0.25, -0.2) is 4.98 Å². The summed E-state index contributed by atoms with van der Waals surface area (Å²) in [6, 6.07) is 9.58. The van der Waals surface area contributed by atoms with Crippen LogP contribution in [-0.2, 0) is 24.9 Å². The van der Waals surface area contributed by atoms with Crippen LogP contribution >= 0.6 is 0 Å². The van der Waals surface area contributed by atoms with Crippen molar-refractivity contribution in [2.45, 2.75) is 13.1 Å². The third-order valence-corrected chi connectivity index (χ3v) is 5.66. The molecule has 0 spiro atoms. The zero-order valence-corrected chi connectivity index (χ0v) is 17.5. The molecule has 0 radical (unpaired) electrons. The van der Waals surface area contributed by atoms with Crippen LogP contribution in [0, 0.1) is 0 Å². The van der Waals surface area contributed by atoms with Crippen molar-refractivity contribution < 1.29 is 4.74 Å². The monoisotopic (exact) mass is 409 g/mol. The molecule has 0 bridgehead atoms. The number of aromatic nitrogens is 3. The molecule has 1 aromatic carbocycles. The van der Waals surface area contributed by atoms with Gasteiger partial charge in [0, 0.05) is 64.8 Å². The van der Waals surface area contributed by atoms with Gasteiger partial charge in [-0.2, -0.15) is 0 Å². The summed E-state index contributed by atoms with van der Waals surface area (Å²) in [7, 11) is 3.38. The van der Waals surface area contributed by atoms with Crippen LogP contribution in [-0.4, -0.2) is 58.9 Å². The zero-order valence-electron chi connectivity index (χ0n) is 17.5. The first-order valence-corrected chi connectivity index (χ1v) is 10.2. The molecule has 1 fully saturated rings. The van der Waals surface area contributed by atoms with Crippen molar-refractivity contribution in [3.05, 3.63) is 69.1 Å². The Morgan fingerprint density at radius 3 is 2.60 bits per heavy atom. The van der Waals surface area contributed by atoms with E-state index in [-0.39, 0.29) is 11.1 Å². The highest BCUT2D eigenvalue weighted by Crippen LogP contribution is 2.21. The molecule has 8 nitrogen and oxygen atoms in total. The van der Waals surface area contributed by atoms with Gasteiger partial charge in [0.2, 0.25) is 0 Å². The maximum Gasteiger partial charge on any atom is 0.261 e. The largest absolute Gasteiger partial charge is 0.383 e. The van der Waals surface area contributed by atoms with Gasteiger partial charge in [0.15, 0.2) is 0 Å². The van der Waals surface area contributed by atoms with Crippen LogP contribution in [0.25, 0.3) is 10.9 Å². The van der Waals surface area contributed by atoms with Gasteiger partial charge in [-0.05, 0) is 29.8 Å². The van der Waals surface area contributed by atoms with Gasteiger partial charge >= 0.3 is 0 Å². The van der Waals surface area contributed by atoms with E-state index >= 15 is 0 Å². The van der Waals surface area contributed by atoms with Crippen LogP contribution < -0.4 is 16.0 Å². The fourth-order valence-electron chi connectivity index (χ4n) is 3.80. The topological polar surface area (TPSA) is 72.6 Å². The first-order chi connectivity index (χ1) is 14.5. The van der Waals surface area contributed by atoms with E-state index in [1.54, 1.807) is 35.7 Å². The van der Waals surface area contributed by atoms with E-state index in [0.717, 1.165) is 44.0 Å². The molecule has 0 atom stereocenters. The number of rotatable bonds is 6. The maximum absolute atomic E-state index is 12.6. The van der Waals surface area contributed by atoms with Crippen LogP contribution in [0.1, 0.15) is 5.56 Å². The maximum atomic E-state index is 12.6. The molecule has 0 unspecified atom stereocenters. The summed E-state index contributed by atoms with van der Waals surface area (Å²) < 4.78 is 8.22. The molecule has 0 aliphatic carbocycles. The van der Waals surface area contributed by atoms with E-state index in [9.17, 15) is 9.59 Å². The Balaban J connectivity index is 1.43. The lowest BCUT2D eigenvalue weighted by molar-refractivity contribution is 0.186. The van der Waals surface area contributed by atoms with E-state index in [0.29, 0.717) is 24.1 Å². The van der Waals surface area contributed by atoms with Gasteiger partial charge in [-0.3, -0.25) is 19.1 Å². The van der Waals surface area contributed by atoms with Crippen molar-refractivity contribution >= 4 is 16.6 Å². The smallest absolute Gasteiger partial charge is 0.261 e. The van der Waals surface area contributed by atoms with Crippen LogP contribution in [0.5, 0.6) is 0 Å². The Kier molecular flexibility index (Phi) is 5.96. The van der Waals surface area contributed by atoms with E-state index < -0.39 is 0 Å². The molecule has 8 heteroatoms. The molecule has 1 aliphatic rings. The van der Waals surface area contributed by atoms with E-state index in [4.69, 9.17) is 4.74 Å².